The average Bonchev–Trinajstić information content (AvgIpc) is 2.83. The lowest BCUT2D eigenvalue weighted by molar-refractivity contribution is -0.0249. The largest absolute Gasteiger partial charge is 0.375 e. The molecule has 2 saturated heterocycles. The maximum absolute atomic E-state index is 6.14. The molecule has 0 amide bonds. The minimum Gasteiger partial charge on any atom is -0.375 e. The van der Waals surface area contributed by atoms with Crippen LogP contribution in [0.25, 0.3) is 0 Å². The Labute approximate surface area is 118 Å². The van der Waals surface area contributed by atoms with Crippen molar-refractivity contribution in [2.45, 2.75) is 70.5 Å². The standard InChI is InChI=1S/C16H31NO2/c1-3-5-6-14(4-2)12-18-15-11-16(19-13-15)7-9-17-10-8-16/h14-15,17H,3-13H2,1-2H3. The second-order valence-electron chi connectivity index (χ2n) is 6.32. The Kier molecular flexibility index (Phi) is 6.11. The lowest BCUT2D eigenvalue weighted by Gasteiger charge is -2.32. The van der Waals surface area contributed by atoms with E-state index in [9.17, 15) is 0 Å². The predicted molar refractivity (Wildman–Crippen MR) is 78.4 cm³/mol. The first-order valence-corrected chi connectivity index (χ1v) is 8.24. The fourth-order valence-electron chi connectivity index (χ4n) is 3.31. The maximum atomic E-state index is 6.14. The topological polar surface area (TPSA) is 30.5 Å². The van der Waals surface area contributed by atoms with Crippen LogP contribution in [0.3, 0.4) is 0 Å². The van der Waals surface area contributed by atoms with Gasteiger partial charge in [-0.1, -0.05) is 33.1 Å². The Hall–Kier alpha value is -0.120. The second kappa shape index (κ2) is 7.61. The fraction of sp³-hybridized carbons (Fsp3) is 1.00. The van der Waals surface area contributed by atoms with Crippen molar-refractivity contribution >= 4 is 0 Å². The van der Waals surface area contributed by atoms with Crippen molar-refractivity contribution < 1.29 is 9.47 Å². The third-order valence-electron chi connectivity index (χ3n) is 4.80. The van der Waals surface area contributed by atoms with Crippen LogP contribution in [0.15, 0.2) is 0 Å². The van der Waals surface area contributed by atoms with Crippen molar-refractivity contribution in [2.24, 2.45) is 5.92 Å². The summed E-state index contributed by atoms with van der Waals surface area (Å²) in [6.45, 7) is 8.48. The SMILES string of the molecule is CCCCC(CC)COC1COC2(CCNCC2)C1. The van der Waals surface area contributed by atoms with E-state index in [4.69, 9.17) is 9.47 Å². The lowest BCUT2D eigenvalue weighted by atomic mass is 9.89. The highest BCUT2D eigenvalue weighted by atomic mass is 16.6. The maximum Gasteiger partial charge on any atom is 0.0836 e. The molecule has 112 valence electrons. The molecule has 0 aromatic carbocycles. The molecule has 2 fully saturated rings. The Morgan fingerprint density at radius 1 is 1.32 bits per heavy atom. The number of hydrogen-bond donors (Lipinski definition) is 1. The summed E-state index contributed by atoms with van der Waals surface area (Å²) >= 11 is 0. The number of rotatable bonds is 7. The summed E-state index contributed by atoms with van der Waals surface area (Å²) in [4.78, 5) is 0. The van der Waals surface area contributed by atoms with Gasteiger partial charge in [0.2, 0.25) is 0 Å². The van der Waals surface area contributed by atoms with Crippen molar-refractivity contribution in [1.29, 1.82) is 0 Å². The quantitative estimate of drug-likeness (QED) is 0.770. The van der Waals surface area contributed by atoms with Crippen LogP contribution in [0, 0.1) is 5.92 Å². The van der Waals surface area contributed by atoms with E-state index in [2.05, 4.69) is 19.2 Å². The highest BCUT2D eigenvalue weighted by Gasteiger charge is 2.41. The van der Waals surface area contributed by atoms with Gasteiger partial charge in [0.25, 0.3) is 0 Å². The molecule has 0 saturated carbocycles. The number of nitrogens with one attached hydrogen (secondary N) is 1. The predicted octanol–water partition coefficient (Wildman–Crippen LogP) is 3.13. The number of hydrogen-bond acceptors (Lipinski definition) is 3. The Bertz CT molecular complexity index is 251. The third kappa shape index (κ3) is 4.44. The molecular weight excluding hydrogens is 238 g/mol. The van der Waals surface area contributed by atoms with Crippen LogP contribution in [0.5, 0.6) is 0 Å². The molecule has 2 atom stereocenters. The smallest absolute Gasteiger partial charge is 0.0836 e. The highest BCUT2D eigenvalue weighted by Crippen LogP contribution is 2.35. The Morgan fingerprint density at radius 2 is 2.11 bits per heavy atom. The van der Waals surface area contributed by atoms with E-state index in [1.165, 1.54) is 25.7 Å². The summed E-state index contributed by atoms with van der Waals surface area (Å²) < 4.78 is 12.2. The van der Waals surface area contributed by atoms with Gasteiger partial charge in [0, 0.05) is 13.0 Å². The van der Waals surface area contributed by atoms with Gasteiger partial charge in [-0.3, -0.25) is 0 Å². The van der Waals surface area contributed by atoms with Crippen molar-refractivity contribution in [3.8, 4) is 0 Å². The van der Waals surface area contributed by atoms with Gasteiger partial charge in [-0.25, -0.2) is 0 Å². The van der Waals surface area contributed by atoms with E-state index in [-0.39, 0.29) is 5.60 Å². The van der Waals surface area contributed by atoms with Crippen LogP contribution in [-0.2, 0) is 9.47 Å². The third-order valence-corrected chi connectivity index (χ3v) is 4.80. The van der Waals surface area contributed by atoms with E-state index in [0.717, 1.165) is 51.5 Å². The molecule has 0 bridgehead atoms. The molecule has 3 heteroatoms. The minimum atomic E-state index is 0.140. The molecule has 0 aromatic rings. The lowest BCUT2D eigenvalue weighted by Crippen LogP contribution is -2.41. The normalized spacial score (nSPS) is 27.8. The first kappa shape index (κ1) is 15.3. The molecule has 2 rings (SSSR count). The van der Waals surface area contributed by atoms with Gasteiger partial charge >= 0.3 is 0 Å². The molecule has 2 aliphatic heterocycles. The van der Waals surface area contributed by atoms with Crippen LogP contribution in [0.1, 0.15) is 58.8 Å². The average molecular weight is 269 g/mol. The highest BCUT2D eigenvalue weighted by molar-refractivity contribution is 4.93. The Balaban J connectivity index is 1.69. The first-order chi connectivity index (χ1) is 9.28. The summed E-state index contributed by atoms with van der Waals surface area (Å²) in [5, 5.41) is 3.41. The van der Waals surface area contributed by atoms with E-state index in [1.807, 2.05) is 0 Å². The summed E-state index contributed by atoms with van der Waals surface area (Å²) in [7, 11) is 0. The molecule has 2 unspecified atom stereocenters. The van der Waals surface area contributed by atoms with Crippen molar-refractivity contribution in [2.75, 3.05) is 26.3 Å². The molecule has 1 N–H and O–H groups in total. The van der Waals surface area contributed by atoms with Crippen LogP contribution in [-0.4, -0.2) is 38.0 Å². The summed E-state index contributed by atoms with van der Waals surface area (Å²) in [5.41, 5.74) is 0.140. The minimum absolute atomic E-state index is 0.140. The molecule has 2 heterocycles. The molecule has 0 aromatic heterocycles. The van der Waals surface area contributed by atoms with Gasteiger partial charge in [0.1, 0.15) is 0 Å². The molecule has 2 aliphatic rings. The first-order valence-electron chi connectivity index (χ1n) is 8.24. The molecule has 0 radical (unpaired) electrons. The van der Waals surface area contributed by atoms with E-state index < -0.39 is 0 Å². The van der Waals surface area contributed by atoms with Crippen molar-refractivity contribution in [3.63, 3.8) is 0 Å². The zero-order valence-electron chi connectivity index (χ0n) is 12.7. The Morgan fingerprint density at radius 3 is 2.79 bits per heavy atom. The van der Waals surface area contributed by atoms with Gasteiger partial charge in [0.15, 0.2) is 0 Å². The van der Waals surface area contributed by atoms with Gasteiger partial charge < -0.3 is 14.8 Å². The fourth-order valence-corrected chi connectivity index (χ4v) is 3.31. The monoisotopic (exact) mass is 269 g/mol. The molecular formula is C16H31NO2. The number of unbranched alkanes of at least 4 members (excludes halogenated alkanes) is 1. The zero-order valence-corrected chi connectivity index (χ0v) is 12.7. The molecule has 19 heavy (non-hydrogen) atoms. The van der Waals surface area contributed by atoms with Crippen molar-refractivity contribution in [3.05, 3.63) is 0 Å². The summed E-state index contributed by atoms with van der Waals surface area (Å²) in [6.07, 6.45) is 8.93. The second-order valence-corrected chi connectivity index (χ2v) is 6.32. The van der Waals surface area contributed by atoms with Crippen molar-refractivity contribution in [1.82, 2.24) is 5.32 Å². The van der Waals surface area contributed by atoms with Gasteiger partial charge in [-0.15, -0.1) is 0 Å². The van der Waals surface area contributed by atoms with E-state index in [0.29, 0.717) is 6.10 Å². The molecule has 0 aliphatic carbocycles. The molecule has 3 nitrogen and oxygen atoms in total. The van der Waals surface area contributed by atoms with Crippen LogP contribution in [0.4, 0.5) is 0 Å². The number of piperidine rings is 1. The molecule has 1 spiro atoms. The summed E-state index contributed by atoms with van der Waals surface area (Å²) in [6, 6.07) is 0. The number of ether oxygens (including phenoxy) is 2. The summed E-state index contributed by atoms with van der Waals surface area (Å²) in [5.74, 6) is 0.740. The van der Waals surface area contributed by atoms with Crippen LogP contribution in [0.2, 0.25) is 0 Å². The van der Waals surface area contributed by atoms with Crippen LogP contribution >= 0.6 is 0 Å². The van der Waals surface area contributed by atoms with Crippen LogP contribution < -0.4 is 5.32 Å². The van der Waals surface area contributed by atoms with Gasteiger partial charge in [-0.05, 0) is 38.3 Å². The zero-order chi connectivity index (χ0) is 13.6. The van der Waals surface area contributed by atoms with Gasteiger partial charge in [0.05, 0.1) is 18.3 Å². The van der Waals surface area contributed by atoms with Gasteiger partial charge in [-0.2, -0.15) is 0 Å². The van der Waals surface area contributed by atoms with E-state index in [1.54, 1.807) is 0 Å². The van der Waals surface area contributed by atoms with E-state index >= 15 is 0 Å².